The summed E-state index contributed by atoms with van der Waals surface area (Å²) in [7, 11) is -1.42. The van der Waals surface area contributed by atoms with E-state index < -0.39 is 9.84 Å². The standard InChI is InChI=1S/C19H24N4O3S/c1-13-4-6-15(7-5-13)11-20-18-10-17(21-14(2)22-18)19(24)23(3)16-8-9-27(25,26)12-16/h4-7,10,16H,8-9,11-12H2,1-3H3,(H,20,21,22). The number of anilines is 1. The van der Waals surface area contributed by atoms with Gasteiger partial charge in [-0.25, -0.2) is 18.4 Å². The minimum absolute atomic E-state index is 0.0117. The molecule has 0 bridgehead atoms. The third kappa shape index (κ3) is 4.82. The molecule has 1 saturated heterocycles. The van der Waals surface area contributed by atoms with E-state index in [1.165, 1.54) is 10.5 Å². The maximum Gasteiger partial charge on any atom is 0.272 e. The second-order valence-electron chi connectivity index (χ2n) is 7.00. The summed E-state index contributed by atoms with van der Waals surface area (Å²) in [6.07, 6.45) is 0.465. The zero-order chi connectivity index (χ0) is 19.6. The Balaban J connectivity index is 1.72. The Hall–Kier alpha value is -2.48. The largest absolute Gasteiger partial charge is 0.366 e. The highest BCUT2D eigenvalue weighted by Gasteiger charge is 2.33. The number of aromatic nitrogens is 2. The van der Waals surface area contributed by atoms with E-state index in [9.17, 15) is 13.2 Å². The molecule has 1 fully saturated rings. The van der Waals surface area contributed by atoms with Gasteiger partial charge in [0.25, 0.3) is 5.91 Å². The van der Waals surface area contributed by atoms with Crippen LogP contribution in [0.3, 0.4) is 0 Å². The number of carbonyl (C=O) groups is 1. The quantitative estimate of drug-likeness (QED) is 0.842. The Kier molecular flexibility index (Phi) is 5.46. The van der Waals surface area contributed by atoms with Gasteiger partial charge < -0.3 is 10.2 Å². The number of hydrogen-bond donors (Lipinski definition) is 1. The van der Waals surface area contributed by atoms with Crippen molar-refractivity contribution in [2.75, 3.05) is 23.9 Å². The van der Waals surface area contributed by atoms with Gasteiger partial charge in [-0.15, -0.1) is 0 Å². The van der Waals surface area contributed by atoms with Gasteiger partial charge in [0.2, 0.25) is 0 Å². The topological polar surface area (TPSA) is 92.3 Å². The van der Waals surface area contributed by atoms with Gasteiger partial charge >= 0.3 is 0 Å². The molecule has 1 unspecified atom stereocenters. The number of aryl methyl sites for hydroxylation is 2. The van der Waals surface area contributed by atoms with Gasteiger partial charge in [0.05, 0.1) is 11.5 Å². The third-order valence-electron chi connectivity index (χ3n) is 4.73. The molecule has 144 valence electrons. The number of nitrogens with one attached hydrogen (secondary N) is 1. The summed E-state index contributed by atoms with van der Waals surface area (Å²) >= 11 is 0. The molecule has 3 rings (SSSR count). The molecule has 2 heterocycles. The normalized spacial score (nSPS) is 18.3. The number of carbonyl (C=O) groups excluding carboxylic acids is 1. The molecule has 1 aliphatic heterocycles. The maximum absolute atomic E-state index is 12.8. The number of rotatable bonds is 5. The summed E-state index contributed by atoms with van der Waals surface area (Å²) in [4.78, 5) is 22.8. The Morgan fingerprint density at radius 2 is 1.93 bits per heavy atom. The fourth-order valence-corrected chi connectivity index (χ4v) is 4.87. The third-order valence-corrected chi connectivity index (χ3v) is 6.48. The molecular formula is C19H24N4O3S. The van der Waals surface area contributed by atoms with Crippen molar-refractivity contribution >= 4 is 21.6 Å². The molecule has 1 aromatic carbocycles. The van der Waals surface area contributed by atoms with Crippen LogP contribution in [0.5, 0.6) is 0 Å². The first kappa shape index (κ1) is 19.3. The average Bonchev–Trinajstić information content (AvgIpc) is 2.99. The van der Waals surface area contributed by atoms with Crippen LogP contribution < -0.4 is 5.32 Å². The van der Waals surface area contributed by atoms with Crippen LogP contribution in [0.25, 0.3) is 0 Å². The Labute approximate surface area is 159 Å². The van der Waals surface area contributed by atoms with Crippen LogP contribution >= 0.6 is 0 Å². The molecule has 1 atom stereocenters. The molecule has 7 nitrogen and oxygen atoms in total. The van der Waals surface area contributed by atoms with Crippen molar-refractivity contribution in [3.63, 3.8) is 0 Å². The van der Waals surface area contributed by atoms with Crippen molar-refractivity contribution in [2.24, 2.45) is 0 Å². The van der Waals surface area contributed by atoms with Crippen LogP contribution in [0.2, 0.25) is 0 Å². The zero-order valence-electron chi connectivity index (χ0n) is 15.8. The van der Waals surface area contributed by atoms with E-state index in [-0.39, 0.29) is 29.1 Å². The number of sulfone groups is 1. The van der Waals surface area contributed by atoms with Crippen LogP contribution in [0.15, 0.2) is 30.3 Å². The average molecular weight is 388 g/mol. The van der Waals surface area contributed by atoms with Crippen LogP contribution in [-0.4, -0.2) is 53.8 Å². The number of amides is 1. The first-order chi connectivity index (χ1) is 12.7. The van der Waals surface area contributed by atoms with E-state index in [4.69, 9.17) is 0 Å². The molecular weight excluding hydrogens is 364 g/mol. The van der Waals surface area contributed by atoms with E-state index in [1.807, 2.05) is 31.2 Å². The van der Waals surface area contributed by atoms with Gasteiger partial charge in [0.1, 0.15) is 17.3 Å². The highest BCUT2D eigenvalue weighted by atomic mass is 32.2. The predicted octanol–water partition coefficient (Wildman–Crippen LogP) is 1.96. The SMILES string of the molecule is Cc1ccc(CNc2cc(C(=O)N(C)C3CCS(=O)(=O)C3)nc(C)n2)cc1. The Bertz CT molecular complexity index is 942. The van der Waals surface area contributed by atoms with Crippen LogP contribution in [0.4, 0.5) is 5.82 Å². The lowest BCUT2D eigenvalue weighted by atomic mass is 10.1. The number of hydrogen-bond acceptors (Lipinski definition) is 6. The van der Waals surface area contributed by atoms with Crippen LogP contribution in [-0.2, 0) is 16.4 Å². The van der Waals surface area contributed by atoms with Crippen molar-refractivity contribution in [3.05, 3.63) is 53.0 Å². The minimum atomic E-state index is -3.05. The summed E-state index contributed by atoms with van der Waals surface area (Å²) in [6.45, 7) is 4.35. The summed E-state index contributed by atoms with van der Waals surface area (Å²) in [5, 5.41) is 3.22. The monoisotopic (exact) mass is 388 g/mol. The second-order valence-corrected chi connectivity index (χ2v) is 9.23. The van der Waals surface area contributed by atoms with Gasteiger partial charge in [-0.3, -0.25) is 4.79 Å². The van der Waals surface area contributed by atoms with Crippen molar-refractivity contribution in [3.8, 4) is 0 Å². The van der Waals surface area contributed by atoms with Crippen molar-refractivity contribution in [1.82, 2.24) is 14.9 Å². The maximum atomic E-state index is 12.8. The molecule has 1 aliphatic rings. The van der Waals surface area contributed by atoms with Crippen molar-refractivity contribution in [2.45, 2.75) is 32.9 Å². The molecule has 0 aliphatic carbocycles. The number of benzene rings is 1. The van der Waals surface area contributed by atoms with Gasteiger partial charge in [-0.1, -0.05) is 29.8 Å². The first-order valence-corrected chi connectivity index (χ1v) is 10.7. The van der Waals surface area contributed by atoms with Gasteiger partial charge in [0.15, 0.2) is 9.84 Å². The first-order valence-electron chi connectivity index (χ1n) is 8.86. The minimum Gasteiger partial charge on any atom is -0.366 e. The zero-order valence-corrected chi connectivity index (χ0v) is 16.6. The molecule has 0 saturated carbocycles. The van der Waals surface area contributed by atoms with E-state index >= 15 is 0 Å². The lowest BCUT2D eigenvalue weighted by Crippen LogP contribution is -2.38. The molecule has 27 heavy (non-hydrogen) atoms. The van der Waals surface area contributed by atoms with Crippen LogP contribution in [0, 0.1) is 13.8 Å². The van der Waals surface area contributed by atoms with E-state index in [2.05, 4.69) is 15.3 Å². The Morgan fingerprint density at radius 3 is 2.56 bits per heavy atom. The molecule has 0 spiro atoms. The lowest BCUT2D eigenvalue weighted by molar-refractivity contribution is 0.0741. The van der Waals surface area contributed by atoms with E-state index in [0.717, 1.165) is 5.56 Å². The molecule has 8 heteroatoms. The smallest absolute Gasteiger partial charge is 0.272 e. The lowest BCUT2D eigenvalue weighted by Gasteiger charge is -2.23. The highest BCUT2D eigenvalue weighted by molar-refractivity contribution is 7.91. The fraction of sp³-hybridized carbons (Fsp3) is 0.421. The molecule has 2 aromatic rings. The van der Waals surface area contributed by atoms with Crippen molar-refractivity contribution < 1.29 is 13.2 Å². The number of nitrogens with zero attached hydrogens (tertiary/aromatic N) is 3. The molecule has 1 N–H and O–H groups in total. The van der Waals surface area contributed by atoms with E-state index in [0.29, 0.717) is 24.6 Å². The van der Waals surface area contributed by atoms with Gasteiger partial charge in [0, 0.05) is 25.7 Å². The van der Waals surface area contributed by atoms with Crippen molar-refractivity contribution in [1.29, 1.82) is 0 Å². The highest BCUT2D eigenvalue weighted by Crippen LogP contribution is 2.19. The molecule has 1 amide bonds. The van der Waals surface area contributed by atoms with E-state index in [1.54, 1.807) is 20.0 Å². The van der Waals surface area contributed by atoms with Gasteiger partial charge in [-0.05, 0) is 25.8 Å². The summed E-state index contributed by atoms with van der Waals surface area (Å²) in [5.41, 5.74) is 2.57. The predicted molar refractivity (Wildman–Crippen MR) is 104 cm³/mol. The summed E-state index contributed by atoms with van der Waals surface area (Å²) in [6, 6.07) is 9.47. The fourth-order valence-electron chi connectivity index (χ4n) is 3.09. The van der Waals surface area contributed by atoms with Crippen LogP contribution in [0.1, 0.15) is 33.9 Å². The summed E-state index contributed by atoms with van der Waals surface area (Å²) < 4.78 is 23.4. The Morgan fingerprint density at radius 1 is 1.22 bits per heavy atom. The van der Waals surface area contributed by atoms with Gasteiger partial charge in [-0.2, -0.15) is 0 Å². The summed E-state index contributed by atoms with van der Waals surface area (Å²) in [5.74, 6) is 0.902. The molecule has 1 aromatic heterocycles. The molecule has 0 radical (unpaired) electrons. The second kappa shape index (κ2) is 7.64.